The molecule has 1 aliphatic rings. The predicted molar refractivity (Wildman–Crippen MR) is 87.3 cm³/mol. The summed E-state index contributed by atoms with van der Waals surface area (Å²) in [6, 6.07) is 10.2. The van der Waals surface area contributed by atoms with Gasteiger partial charge in [0, 0.05) is 38.6 Å². The van der Waals surface area contributed by atoms with Gasteiger partial charge in [0.1, 0.15) is 7.85 Å². The van der Waals surface area contributed by atoms with Crippen molar-refractivity contribution in [3.05, 3.63) is 48.3 Å². The minimum absolute atomic E-state index is 0.594. The Morgan fingerprint density at radius 3 is 2.36 bits per heavy atom. The molecule has 1 aliphatic heterocycles. The fraction of sp³-hybridized carbons (Fsp3) is 0.375. The molecule has 3 rings (SSSR count). The zero-order chi connectivity index (χ0) is 15.2. The zero-order valence-corrected chi connectivity index (χ0v) is 12.6. The molecule has 0 atom stereocenters. The Morgan fingerprint density at radius 2 is 1.68 bits per heavy atom. The fourth-order valence-corrected chi connectivity index (χ4v) is 2.44. The highest BCUT2D eigenvalue weighted by Crippen LogP contribution is 2.09. The summed E-state index contributed by atoms with van der Waals surface area (Å²) in [5.41, 5.74) is 1.80. The van der Waals surface area contributed by atoms with Crippen LogP contribution in [0.15, 0.2) is 42.7 Å². The van der Waals surface area contributed by atoms with Gasteiger partial charge in [-0.15, -0.1) is 0 Å². The molecule has 112 valence electrons. The van der Waals surface area contributed by atoms with E-state index in [1.165, 1.54) is 5.56 Å². The average Bonchev–Trinajstić information content (AvgIpc) is 2.57. The first-order valence-corrected chi connectivity index (χ1v) is 7.48. The van der Waals surface area contributed by atoms with E-state index in [2.05, 4.69) is 31.9 Å². The molecule has 2 heterocycles. The Morgan fingerprint density at radius 1 is 1.00 bits per heavy atom. The summed E-state index contributed by atoms with van der Waals surface area (Å²) < 4.78 is 5.78. The maximum absolute atomic E-state index is 5.78. The Labute approximate surface area is 132 Å². The number of piperazine rings is 1. The van der Waals surface area contributed by atoms with E-state index in [1.807, 2.05) is 18.2 Å². The standard InChI is InChI=1S/C16H19BN4O/c17-15-10-18-16(19-11-15)21-8-6-20(7-9-21)13-22-12-14-4-2-1-3-5-14/h1-5,10-11H,6-9,12-13H2. The van der Waals surface area contributed by atoms with Crippen LogP contribution in [-0.4, -0.2) is 55.6 Å². The highest BCUT2D eigenvalue weighted by atomic mass is 16.5. The van der Waals surface area contributed by atoms with Crippen LogP contribution in [0, 0.1) is 0 Å². The molecule has 2 radical (unpaired) electrons. The molecule has 1 aromatic heterocycles. The monoisotopic (exact) mass is 294 g/mol. The van der Waals surface area contributed by atoms with Crippen molar-refractivity contribution in [3.63, 3.8) is 0 Å². The number of hydrogen-bond donors (Lipinski definition) is 0. The van der Waals surface area contributed by atoms with Crippen molar-refractivity contribution in [2.45, 2.75) is 6.61 Å². The lowest BCUT2D eigenvalue weighted by molar-refractivity contribution is 0.0160. The molecule has 0 unspecified atom stereocenters. The normalized spacial score (nSPS) is 15.9. The minimum Gasteiger partial charge on any atom is -0.361 e. The van der Waals surface area contributed by atoms with Gasteiger partial charge in [-0.05, 0) is 5.56 Å². The number of hydrogen-bond acceptors (Lipinski definition) is 5. The van der Waals surface area contributed by atoms with Crippen LogP contribution in [0.25, 0.3) is 0 Å². The van der Waals surface area contributed by atoms with Gasteiger partial charge in [0.25, 0.3) is 0 Å². The first kappa shape index (κ1) is 15.0. The van der Waals surface area contributed by atoms with E-state index in [4.69, 9.17) is 12.6 Å². The second-order valence-corrected chi connectivity index (χ2v) is 5.38. The van der Waals surface area contributed by atoms with E-state index in [9.17, 15) is 0 Å². The van der Waals surface area contributed by atoms with Gasteiger partial charge in [-0.3, -0.25) is 4.90 Å². The molecule has 1 saturated heterocycles. The van der Waals surface area contributed by atoms with Crippen molar-refractivity contribution in [3.8, 4) is 0 Å². The second kappa shape index (κ2) is 7.38. The number of ether oxygens (including phenoxy) is 1. The maximum atomic E-state index is 5.78. The van der Waals surface area contributed by atoms with Crippen LogP contribution >= 0.6 is 0 Å². The van der Waals surface area contributed by atoms with E-state index < -0.39 is 0 Å². The summed E-state index contributed by atoms with van der Waals surface area (Å²) >= 11 is 0. The quantitative estimate of drug-likeness (QED) is 0.754. The van der Waals surface area contributed by atoms with Crippen LogP contribution in [0.1, 0.15) is 5.56 Å². The molecule has 0 aliphatic carbocycles. The Balaban J connectivity index is 1.41. The van der Waals surface area contributed by atoms with Gasteiger partial charge < -0.3 is 9.64 Å². The third-order valence-corrected chi connectivity index (χ3v) is 3.70. The number of anilines is 1. The molecule has 0 amide bonds. The highest BCUT2D eigenvalue weighted by molar-refractivity contribution is 6.31. The number of nitrogens with zero attached hydrogens (tertiary/aromatic N) is 4. The predicted octanol–water partition coefficient (Wildman–Crippen LogP) is 0.567. The van der Waals surface area contributed by atoms with Crippen LogP contribution in [0.2, 0.25) is 0 Å². The van der Waals surface area contributed by atoms with Crippen molar-refractivity contribution < 1.29 is 4.74 Å². The molecule has 6 heteroatoms. The number of benzene rings is 1. The summed E-state index contributed by atoms with van der Waals surface area (Å²) in [5.74, 6) is 0.749. The Kier molecular flexibility index (Phi) is 5.03. The van der Waals surface area contributed by atoms with Gasteiger partial charge in [-0.25, -0.2) is 9.97 Å². The van der Waals surface area contributed by atoms with Gasteiger partial charge in [0.15, 0.2) is 0 Å². The molecule has 0 bridgehead atoms. The topological polar surface area (TPSA) is 41.5 Å². The molecule has 0 saturated carbocycles. The zero-order valence-electron chi connectivity index (χ0n) is 12.6. The highest BCUT2D eigenvalue weighted by Gasteiger charge is 2.18. The molecule has 0 spiro atoms. The summed E-state index contributed by atoms with van der Waals surface area (Å²) in [4.78, 5) is 13.0. The van der Waals surface area contributed by atoms with Gasteiger partial charge in [0.2, 0.25) is 5.95 Å². The van der Waals surface area contributed by atoms with Crippen LogP contribution in [0.4, 0.5) is 5.95 Å². The van der Waals surface area contributed by atoms with Crippen molar-refractivity contribution in [1.82, 2.24) is 14.9 Å². The van der Waals surface area contributed by atoms with Crippen molar-refractivity contribution in [2.24, 2.45) is 0 Å². The fourth-order valence-electron chi connectivity index (χ4n) is 2.44. The average molecular weight is 294 g/mol. The molecule has 2 aromatic rings. The van der Waals surface area contributed by atoms with E-state index in [-0.39, 0.29) is 0 Å². The van der Waals surface area contributed by atoms with E-state index in [0.29, 0.717) is 18.8 Å². The first-order chi connectivity index (χ1) is 10.8. The van der Waals surface area contributed by atoms with Crippen LogP contribution in [0.3, 0.4) is 0 Å². The van der Waals surface area contributed by atoms with Gasteiger partial charge >= 0.3 is 0 Å². The Hall–Kier alpha value is -1.92. The van der Waals surface area contributed by atoms with Crippen molar-refractivity contribution in [1.29, 1.82) is 0 Å². The van der Waals surface area contributed by atoms with Gasteiger partial charge in [-0.1, -0.05) is 35.8 Å². The van der Waals surface area contributed by atoms with Crippen LogP contribution in [-0.2, 0) is 11.3 Å². The number of rotatable bonds is 5. The SMILES string of the molecule is [B]c1cnc(N2CCN(COCc3ccccc3)CC2)nc1. The lowest BCUT2D eigenvalue weighted by Gasteiger charge is -2.34. The van der Waals surface area contributed by atoms with E-state index in [0.717, 1.165) is 32.1 Å². The molecule has 22 heavy (non-hydrogen) atoms. The molecule has 0 N–H and O–H groups in total. The lowest BCUT2D eigenvalue weighted by Crippen LogP contribution is -2.47. The second-order valence-electron chi connectivity index (χ2n) is 5.38. The van der Waals surface area contributed by atoms with E-state index in [1.54, 1.807) is 12.4 Å². The third-order valence-electron chi connectivity index (χ3n) is 3.70. The summed E-state index contributed by atoms with van der Waals surface area (Å²) in [5, 5.41) is 0. The van der Waals surface area contributed by atoms with Crippen LogP contribution < -0.4 is 10.4 Å². The third kappa shape index (κ3) is 4.05. The smallest absolute Gasteiger partial charge is 0.225 e. The largest absolute Gasteiger partial charge is 0.361 e. The van der Waals surface area contributed by atoms with Crippen LogP contribution in [0.5, 0.6) is 0 Å². The molecule has 1 aromatic carbocycles. The maximum Gasteiger partial charge on any atom is 0.225 e. The van der Waals surface area contributed by atoms with Gasteiger partial charge in [0.05, 0.1) is 13.3 Å². The first-order valence-electron chi connectivity index (χ1n) is 7.48. The summed E-state index contributed by atoms with van der Waals surface area (Å²) in [7, 11) is 5.61. The number of aromatic nitrogens is 2. The minimum atomic E-state index is 0.594. The summed E-state index contributed by atoms with van der Waals surface area (Å²) in [6.07, 6.45) is 3.30. The van der Waals surface area contributed by atoms with Crippen molar-refractivity contribution in [2.75, 3.05) is 37.8 Å². The lowest BCUT2D eigenvalue weighted by atomic mass is 10.0. The molecule has 1 fully saturated rings. The van der Waals surface area contributed by atoms with Crippen molar-refractivity contribution >= 4 is 19.3 Å². The summed E-state index contributed by atoms with van der Waals surface area (Å²) in [6.45, 7) is 5.01. The van der Waals surface area contributed by atoms with E-state index >= 15 is 0 Å². The Bertz CT molecular complexity index is 570. The molecule has 5 nitrogen and oxygen atoms in total. The van der Waals surface area contributed by atoms with Gasteiger partial charge in [-0.2, -0.15) is 0 Å². The molecular weight excluding hydrogens is 275 g/mol. The molecular formula is C16H19BN4O.